The number of ether oxygens (including phenoxy) is 3. The summed E-state index contributed by atoms with van der Waals surface area (Å²) in [6.07, 6.45) is -0.879. The van der Waals surface area contributed by atoms with E-state index in [1.807, 2.05) is 30.3 Å². The maximum atomic E-state index is 12.2. The molecule has 3 rings (SSSR count). The van der Waals surface area contributed by atoms with Crippen LogP contribution < -0.4 is 0 Å². The van der Waals surface area contributed by atoms with Crippen molar-refractivity contribution in [3.8, 4) is 0 Å². The third-order valence-electron chi connectivity index (χ3n) is 3.89. The quantitative estimate of drug-likeness (QED) is 0.628. The predicted molar refractivity (Wildman–Crippen MR) is 86.9 cm³/mol. The van der Waals surface area contributed by atoms with Gasteiger partial charge in [-0.1, -0.05) is 30.3 Å². The van der Waals surface area contributed by atoms with Gasteiger partial charge in [0.15, 0.2) is 0 Å². The topological polar surface area (TPSA) is 78.9 Å². The lowest BCUT2D eigenvalue weighted by molar-refractivity contribution is -0.155. The highest BCUT2D eigenvalue weighted by atomic mass is 16.6. The Morgan fingerprint density at radius 2 is 1.92 bits per heavy atom. The Kier molecular flexibility index (Phi) is 4.79. The van der Waals surface area contributed by atoms with E-state index in [1.165, 1.54) is 19.2 Å². The number of cyclic esters (lactones) is 1. The third-order valence-corrected chi connectivity index (χ3v) is 3.89. The fourth-order valence-electron chi connectivity index (χ4n) is 2.59. The number of carbonyl (C=O) groups excluding carboxylic acids is 3. The smallest absolute Gasteiger partial charge is 0.348 e. The summed E-state index contributed by atoms with van der Waals surface area (Å²) in [5.41, 5.74) is 2.04. The fourth-order valence-corrected chi connectivity index (χ4v) is 2.59. The van der Waals surface area contributed by atoms with E-state index in [2.05, 4.69) is 4.74 Å². The van der Waals surface area contributed by atoms with Crippen molar-refractivity contribution in [2.75, 3.05) is 7.11 Å². The Labute approximate surface area is 144 Å². The van der Waals surface area contributed by atoms with E-state index in [0.29, 0.717) is 16.7 Å². The average Bonchev–Trinajstić information content (AvgIpc) is 2.65. The molecule has 0 saturated carbocycles. The zero-order valence-corrected chi connectivity index (χ0v) is 13.6. The van der Waals surface area contributed by atoms with E-state index in [1.54, 1.807) is 6.07 Å². The first kappa shape index (κ1) is 16.7. The number of hydrogen-bond acceptors (Lipinski definition) is 6. The fraction of sp³-hybridized carbons (Fsp3) is 0.211. The monoisotopic (exact) mass is 340 g/mol. The van der Waals surface area contributed by atoms with Gasteiger partial charge in [-0.05, 0) is 29.3 Å². The van der Waals surface area contributed by atoms with Crippen LogP contribution in [0, 0.1) is 0 Å². The second-order valence-corrected chi connectivity index (χ2v) is 5.55. The molecule has 6 nitrogen and oxygen atoms in total. The molecular weight excluding hydrogens is 324 g/mol. The lowest BCUT2D eigenvalue weighted by atomic mass is 9.96. The third kappa shape index (κ3) is 3.68. The molecule has 0 spiro atoms. The molecule has 1 aliphatic rings. The van der Waals surface area contributed by atoms with Crippen LogP contribution >= 0.6 is 0 Å². The molecule has 25 heavy (non-hydrogen) atoms. The summed E-state index contributed by atoms with van der Waals surface area (Å²) in [4.78, 5) is 35.9. The molecule has 2 aromatic carbocycles. The first-order valence-corrected chi connectivity index (χ1v) is 7.71. The van der Waals surface area contributed by atoms with E-state index in [-0.39, 0.29) is 13.0 Å². The Balaban J connectivity index is 1.72. The van der Waals surface area contributed by atoms with Crippen molar-refractivity contribution in [1.29, 1.82) is 0 Å². The molecule has 0 aliphatic carbocycles. The van der Waals surface area contributed by atoms with Gasteiger partial charge in [-0.25, -0.2) is 14.4 Å². The number of benzene rings is 2. The van der Waals surface area contributed by atoms with Crippen molar-refractivity contribution in [3.05, 3.63) is 70.8 Å². The first-order valence-electron chi connectivity index (χ1n) is 7.71. The van der Waals surface area contributed by atoms with Gasteiger partial charge in [0.2, 0.25) is 6.10 Å². The van der Waals surface area contributed by atoms with Crippen molar-refractivity contribution in [2.24, 2.45) is 0 Å². The zero-order chi connectivity index (χ0) is 17.8. The maximum absolute atomic E-state index is 12.2. The van der Waals surface area contributed by atoms with Crippen LogP contribution in [0.5, 0.6) is 0 Å². The van der Waals surface area contributed by atoms with Gasteiger partial charge >= 0.3 is 17.9 Å². The van der Waals surface area contributed by atoms with E-state index in [0.717, 1.165) is 5.56 Å². The zero-order valence-electron chi connectivity index (χ0n) is 13.6. The van der Waals surface area contributed by atoms with Gasteiger partial charge in [0, 0.05) is 6.42 Å². The maximum Gasteiger partial charge on any atom is 0.348 e. The minimum atomic E-state index is -1.03. The van der Waals surface area contributed by atoms with E-state index >= 15 is 0 Å². The number of hydrogen-bond donors (Lipinski definition) is 0. The Hall–Kier alpha value is -3.15. The van der Waals surface area contributed by atoms with Crippen LogP contribution in [0.2, 0.25) is 0 Å². The molecule has 0 N–H and O–H groups in total. The molecule has 1 aliphatic heterocycles. The van der Waals surface area contributed by atoms with Crippen molar-refractivity contribution in [2.45, 2.75) is 19.1 Å². The molecule has 0 radical (unpaired) electrons. The SMILES string of the molecule is COC(=O)c1ccc2c(c1)CC(C(=O)OCc1ccccc1)OC2=O. The molecule has 0 saturated heterocycles. The number of rotatable bonds is 4. The lowest BCUT2D eigenvalue weighted by Crippen LogP contribution is -2.35. The summed E-state index contributed by atoms with van der Waals surface area (Å²) in [7, 11) is 1.28. The molecule has 0 amide bonds. The minimum Gasteiger partial charge on any atom is -0.465 e. The Bertz CT molecular complexity index is 812. The van der Waals surface area contributed by atoms with Gasteiger partial charge in [0.25, 0.3) is 0 Å². The highest BCUT2D eigenvalue weighted by molar-refractivity contribution is 5.97. The second kappa shape index (κ2) is 7.17. The number of esters is 3. The van der Waals surface area contributed by atoms with Gasteiger partial charge in [-0.2, -0.15) is 0 Å². The van der Waals surface area contributed by atoms with Crippen LogP contribution in [0.15, 0.2) is 48.5 Å². The van der Waals surface area contributed by atoms with Crippen molar-refractivity contribution >= 4 is 17.9 Å². The van der Waals surface area contributed by atoms with Crippen LogP contribution in [0.1, 0.15) is 31.8 Å². The minimum absolute atomic E-state index is 0.1000. The predicted octanol–water partition coefficient (Wildman–Crippen LogP) is 2.30. The number of carbonyl (C=O) groups is 3. The van der Waals surface area contributed by atoms with Crippen LogP contribution in [-0.2, 0) is 32.0 Å². The molecular formula is C19H16O6. The summed E-state index contributed by atoms with van der Waals surface area (Å²) in [6.45, 7) is 0.1000. The van der Waals surface area contributed by atoms with Crippen LogP contribution in [-0.4, -0.2) is 31.1 Å². The summed E-state index contributed by atoms with van der Waals surface area (Å²) in [5, 5.41) is 0. The van der Waals surface area contributed by atoms with Crippen molar-refractivity contribution < 1.29 is 28.6 Å². The molecule has 0 fully saturated rings. The summed E-state index contributed by atoms with van der Waals surface area (Å²) >= 11 is 0. The van der Waals surface area contributed by atoms with Crippen LogP contribution in [0.4, 0.5) is 0 Å². The molecule has 0 aromatic heterocycles. The molecule has 2 aromatic rings. The first-order chi connectivity index (χ1) is 12.1. The highest BCUT2D eigenvalue weighted by Crippen LogP contribution is 2.23. The highest BCUT2D eigenvalue weighted by Gasteiger charge is 2.33. The Morgan fingerprint density at radius 1 is 1.16 bits per heavy atom. The molecule has 6 heteroatoms. The van der Waals surface area contributed by atoms with Gasteiger partial charge in [0.1, 0.15) is 6.61 Å². The molecule has 0 bridgehead atoms. The largest absolute Gasteiger partial charge is 0.465 e. The van der Waals surface area contributed by atoms with E-state index in [4.69, 9.17) is 9.47 Å². The van der Waals surface area contributed by atoms with Gasteiger partial charge < -0.3 is 14.2 Å². The number of methoxy groups -OCH3 is 1. The van der Waals surface area contributed by atoms with Crippen LogP contribution in [0.25, 0.3) is 0 Å². The van der Waals surface area contributed by atoms with Crippen LogP contribution in [0.3, 0.4) is 0 Å². The lowest BCUT2D eigenvalue weighted by Gasteiger charge is -2.23. The molecule has 1 atom stereocenters. The normalized spacial score (nSPS) is 15.7. The summed E-state index contributed by atoms with van der Waals surface area (Å²) in [5.74, 6) is -1.74. The van der Waals surface area contributed by atoms with Crippen molar-refractivity contribution in [1.82, 2.24) is 0 Å². The van der Waals surface area contributed by atoms with E-state index < -0.39 is 24.0 Å². The summed E-state index contributed by atoms with van der Waals surface area (Å²) in [6, 6.07) is 13.7. The van der Waals surface area contributed by atoms with Crippen molar-refractivity contribution in [3.63, 3.8) is 0 Å². The molecule has 128 valence electrons. The number of fused-ring (bicyclic) bond motifs is 1. The van der Waals surface area contributed by atoms with E-state index in [9.17, 15) is 14.4 Å². The van der Waals surface area contributed by atoms with Gasteiger partial charge in [-0.3, -0.25) is 0 Å². The molecule has 1 heterocycles. The molecule has 1 unspecified atom stereocenters. The standard InChI is InChI=1S/C19H16O6/c1-23-17(20)13-7-8-15-14(9-13)10-16(25-18(15)21)19(22)24-11-12-5-3-2-4-6-12/h2-9,16H,10-11H2,1H3. The van der Waals surface area contributed by atoms with Gasteiger partial charge in [0.05, 0.1) is 18.2 Å². The Morgan fingerprint density at radius 3 is 2.64 bits per heavy atom. The second-order valence-electron chi connectivity index (χ2n) is 5.55. The van der Waals surface area contributed by atoms with Gasteiger partial charge in [-0.15, -0.1) is 0 Å². The average molecular weight is 340 g/mol. The summed E-state index contributed by atoms with van der Waals surface area (Å²) < 4.78 is 15.1.